The molecule has 142 valence electrons. The number of hydrogen-bond donors (Lipinski definition) is 1. The predicted octanol–water partition coefficient (Wildman–Crippen LogP) is 4.83. The Balaban J connectivity index is 3.68. The van der Waals surface area contributed by atoms with Crippen molar-refractivity contribution in [3.63, 3.8) is 0 Å². The number of carbonyl (C=O) groups excluding carboxylic acids is 1. The Labute approximate surface area is 149 Å². The smallest absolute Gasteiger partial charge is 0.305 e. The van der Waals surface area contributed by atoms with Gasteiger partial charge in [0.2, 0.25) is 0 Å². The van der Waals surface area contributed by atoms with Gasteiger partial charge in [-0.05, 0) is 37.4 Å². The van der Waals surface area contributed by atoms with Crippen LogP contribution < -0.4 is 0 Å². The molecule has 4 nitrogen and oxygen atoms in total. The summed E-state index contributed by atoms with van der Waals surface area (Å²) in [5.74, 6) is -0.119. The maximum absolute atomic E-state index is 11.0. The maximum atomic E-state index is 11.0. The normalized spacial score (nSPS) is 14.1. The van der Waals surface area contributed by atoms with E-state index >= 15 is 0 Å². The second-order valence-electron chi connectivity index (χ2n) is 7.95. The Kier molecular flexibility index (Phi) is 11.5. The first-order valence-corrected chi connectivity index (χ1v) is 12.1. The van der Waals surface area contributed by atoms with Crippen LogP contribution in [-0.4, -0.2) is 39.2 Å². The molecule has 0 fully saturated rings. The molecule has 0 aromatic carbocycles. The van der Waals surface area contributed by atoms with Crippen molar-refractivity contribution in [1.82, 2.24) is 0 Å². The van der Waals surface area contributed by atoms with Gasteiger partial charge in [-0.3, -0.25) is 4.79 Å². The summed E-state index contributed by atoms with van der Waals surface area (Å²) < 4.78 is 10.6. The third-order valence-corrected chi connectivity index (χ3v) is 9.26. The first-order valence-electron chi connectivity index (χ1n) is 9.15. The average Bonchev–Trinajstić information content (AvgIpc) is 2.49. The van der Waals surface area contributed by atoms with E-state index in [-0.39, 0.29) is 11.0 Å². The summed E-state index contributed by atoms with van der Waals surface area (Å²) in [7, 11) is -0.348. The van der Waals surface area contributed by atoms with Crippen molar-refractivity contribution >= 4 is 14.3 Å². The second-order valence-corrected chi connectivity index (χ2v) is 12.8. The first-order chi connectivity index (χ1) is 11.1. The highest BCUT2D eigenvalue weighted by molar-refractivity contribution is 6.74. The molecule has 0 saturated carbocycles. The van der Waals surface area contributed by atoms with E-state index in [0.717, 1.165) is 38.5 Å². The molecule has 0 aliphatic rings. The van der Waals surface area contributed by atoms with E-state index in [0.29, 0.717) is 13.0 Å². The molecule has 0 amide bonds. The molecule has 24 heavy (non-hydrogen) atoms. The van der Waals surface area contributed by atoms with Crippen LogP contribution >= 0.6 is 0 Å². The Bertz CT molecular complexity index is 372. The lowest BCUT2D eigenvalue weighted by molar-refractivity contribution is -0.140. The number of allylic oxidation sites excluding steroid dienone is 1. The summed E-state index contributed by atoms with van der Waals surface area (Å²) in [6.45, 7) is 11.4. The van der Waals surface area contributed by atoms with Gasteiger partial charge in [-0.2, -0.15) is 0 Å². The van der Waals surface area contributed by atoms with Gasteiger partial charge in [0.15, 0.2) is 8.32 Å². The fourth-order valence-corrected chi connectivity index (χ4v) is 3.00. The standard InChI is InChI=1S/C19H38O4Si/c1-19(2,3)24(5,6)23-16-17(20)14-12-10-8-7-9-11-13-15-18(21)22-4/h12,14,17,20H,7-11,13,15-16H2,1-6H3/b14-12-/t17-/m0/s1. The van der Waals surface area contributed by atoms with Crippen LogP contribution in [0.25, 0.3) is 0 Å². The summed E-state index contributed by atoms with van der Waals surface area (Å²) >= 11 is 0. The average molecular weight is 359 g/mol. The van der Waals surface area contributed by atoms with Gasteiger partial charge in [0.05, 0.1) is 19.8 Å². The molecule has 0 aromatic rings. The summed E-state index contributed by atoms with van der Waals surface area (Å²) in [6.07, 6.45) is 10.3. The highest BCUT2D eigenvalue weighted by Gasteiger charge is 2.37. The molecule has 0 rings (SSSR count). The molecule has 5 heteroatoms. The zero-order valence-corrected chi connectivity index (χ0v) is 17.6. The molecular formula is C19H38O4Si. The summed E-state index contributed by atoms with van der Waals surface area (Å²) in [5, 5.41) is 10.2. The minimum absolute atomic E-state index is 0.119. The van der Waals surface area contributed by atoms with Crippen LogP contribution in [0, 0.1) is 0 Å². The third-order valence-electron chi connectivity index (χ3n) is 4.76. The SMILES string of the molecule is COC(=O)CCCCCCC/C=C\[C@H](O)CO[Si](C)(C)C(C)(C)C. The second kappa shape index (κ2) is 11.8. The number of methoxy groups -OCH3 is 1. The van der Waals surface area contributed by atoms with Gasteiger partial charge in [0, 0.05) is 6.42 Å². The quantitative estimate of drug-likeness (QED) is 0.235. The van der Waals surface area contributed by atoms with Gasteiger partial charge in [0.1, 0.15) is 0 Å². The van der Waals surface area contributed by atoms with Crippen molar-refractivity contribution in [2.75, 3.05) is 13.7 Å². The molecule has 0 aromatic heterocycles. The van der Waals surface area contributed by atoms with Crippen molar-refractivity contribution in [3.8, 4) is 0 Å². The summed E-state index contributed by atoms with van der Waals surface area (Å²) in [6, 6.07) is 0. The van der Waals surface area contributed by atoms with Crippen LogP contribution in [0.5, 0.6) is 0 Å². The number of hydrogen-bond acceptors (Lipinski definition) is 4. The largest absolute Gasteiger partial charge is 0.469 e. The minimum atomic E-state index is -1.78. The number of ether oxygens (including phenoxy) is 1. The topological polar surface area (TPSA) is 55.8 Å². The number of esters is 1. The minimum Gasteiger partial charge on any atom is -0.469 e. The Morgan fingerprint density at radius 2 is 1.71 bits per heavy atom. The predicted molar refractivity (Wildman–Crippen MR) is 103 cm³/mol. The summed E-state index contributed by atoms with van der Waals surface area (Å²) in [5.41, 5.74) is 0. The fourth-order valence-electron chi connectivity index (χ4n) is 1.98. The molecule has 0 bridgehead atoms. The van der Waals surface area contributed by atoms with Gasteiger partial charge < -0.3 is 14.3 Å². The van der Waals surface area contributed by atoms with Crippen LogP contribution in [0.3, 0.4) is 0 Å². The highest BCUT2D eigenvalue weighted by Crippen LogP contribution is 2.36. The number of rotatable bonds is 12. The fraction of sp³-hybridized carbons (Fsp3) is 0.842. The van der Waals surface area contributed by atoms with Gasteiger partial charge in [-0.15, -0.1) is 0 Å². The van der Waals surface area contributed by atoms with E-state index in [1.165, 1.54) is 7.11 Å². The molecule has 0 unspecified atom stereocenters. The Hall–Kier alpha value is -0.653. The lowest BCUT2D eigenvalue weighted by Crippen LogP contribution is -2.42. The van der Waals surface area contributed by atoms with Crippen LogP contribution in [0.15, 0.2) is 12.2 Å². The number of unbranched alkanes of at least 4 members (excludes halogenated alkanes) is 5. The lowest BCUT2D eigenvalue weighted by Gasteiger charge is -2.36. The van der Waals surface area contributed by atoms with Crippen molar-refractivity contribution in [1.29, 1.82) is 0 Å². The molecule has 0 spiro atoms. The van der Waals surface area contributed by atoms with Crippen LogP contribution in [-0.2, 0) is 14.0 Å². The molecule has 0 aliphatic carbocycles. The van der Waals surface area contributed by atoms with E-state index in [1.807, 2.05) is 12.2 Å². The van der Waals surface area contributed by atoms with Crippen molar-refractivity contribution in [3.05, 3.63) is 12.2 Å². The third kappa shape index (κ3) is 11.0. The van der Waals surface area contributed by atoms with E-state index in [4.69, 9.17) is 4.43 Å². The maximum Gasteiger partial charge on any atom is 0.305 e. The number of carbonyl (C=O) groups is 1. The molecule has 0 saturated heterocycles. The molecule has 1 N–H and O–H groups in total. The van der Waals surface area contributed by atoms with Gasteiger partial charge >= 0.3 is 5.97 Å². The van der Waals surface area contributed by atoms with Crippen LogP contribution in [0.2, 0.25) is 18.1 Å². The highest BCUT2D eigenvalue weighted by atomic mass is 28.4. The van der Waals surface area contributed by atoms with Gasteiger partial charge in [-0.25, -0.2) is 0 Å². The molecule has 1 atom stereocenters. The van der Waals surface area contributed by atoms with E-state index in [9.17, 15) is 9.90 Å². The lowest BCUT2D eigenvalue weighted by atomic mass is 10.1. The number of aliphatic hydroxyl groups is 1. The number of aliphatic hydroxyl groups excluding tert-OH is 1. The van der Waals surface area contributed by atoms with E-state index < -0.39 is 14.4 Å². The zero-order chi connectivity index (χ0) is 18.6. The summed E-state index contributed by atoms with van der Waals surface area (Å²) in [4.78, 5) is 11.0. The first kappa shape index (κ1) is 23.3. The molecule has 0 heterocycles. The molecule has 0 aliphatic heterocycles. The Morgan fingerprint density at radius 1 is 1.12 bits per heavy atom. The molecular weight excluding hydrogens is 320 g/mol. The van der Waals surface area contributed by atoms with Crippen molar-refractivity contribution < 1.29 is 19.1 Å². The van der Waals surface area contributed by atoms with Gasteiger partial charge in [-0.1, -0.05) is 52.2 Å². The van der Waals surface area contributed by atoms with E-state index in [1.54, 1.807) is 0 Å². The zero-order valence-electron chi connectivity index (χ0n) is 16.6. The molecule has 0 radical (unpaired) electrons. The Morgan fingerprint density at radius 3 is 2.29 bits per heavy atom. The van der Waals surface area contributed by atoms with Crippen molar-refractivity contribution in [2.24, 2.45) is 0 Å². The van der Waals surface area contributed by atoms with E-state index in [2.05, 4.69) is 38.6 Å². The monoisotopic (exact) mass is 358 g/mol. The van der Waals surface area contributed by atoms with Crippen LogP contribution in [0.4, 0.5) is 0 Å². The van der Waals surface area contributed by atoms with Crippen molar-refractivity contribution in [2.45, 2.75) is 90.0 Å². The van der Waals surface area contributed by atoms with Crippen LogP contribution in [0.1, 0.15) is 65.7 Å². The van der Waals surface area contributed by atoms with Gasteiger partial charge in [0.25, 0.3) is 0 Å².